The predicted molar refractivity (Wildman–Crippen MR) is 93.7 cm³/mol. The van der Waals surface area contributed by atoms with Gasteiger partial charge in [0, 0.05) is 35.6 Å². The molecule has 3 rings (SSSR count). The van der Waals surface area contributed by atoms with E-state index in [2.05, 4.69) is 16.8 Å². The number of hydrogen-bond acceptors (Lipinski definition) is 5. The largest absolute Gasteiger partial charge is 0.482 e. The van der Waals surface area contributed by atoms with Crippen LogP contribution in [0.3, 0.4) is 0 Å². The smallest absolute Gasteiger partial charge is 0.341 e. The van der Waals surface area contributed by atoms with E-state index >= 15 is 0 Å². The van der Waals surface area contributed by atoms with Crippen LogP contribution in [0.5, 0.6) is 5.75 Å². The van der Waals surface area contributed by atoms with Gasteiger partial charge < -0.3 is 9.84 Å². The number of thiazole rings is 1. The summed E-state index contributed by atoms with van der Waals surface area (Å²) in [5.41, 5.74) is 1.04. The van der Waals surface area contributed by atoms with E-state index in [4.69, 9.17) is 9.84 Å². The number of likely N-dealkylation sites (tertiary alicyclic amines) is 1. The Labute approximate surface area is 145 Å². The molecule has 0 spiro atoms. The lowest BCUT2D eigenvalue weighted by Gasteiger charge is -2.32. The van der Waals surface area contributed by atoms with E-state index in [0.717, 1.165) is 31.6 Å². The van der Waals surface area contributed by atoms with Crippen molar-refractivity contribution in [3.05, 3.63) is 45.9 Å². The average Bonchev–Trinajstić information content (AvgIpc) is 3.01. The van der Waals surface area contributed by atoms with Gasteiger partial charge in [0.1, 0.15) is 5.75 Å². The molecule has 128 valence electrons. The molecule has 1 atom stereocenters. The monoisotopic (exact) mass is 346 g/mol. The van der Waals surface area contributed by atoms with Crippen LogP contribution in [0.15, 0.2) is 30.5 Å². The molecule has 1 N–H and O–H groups in total. The number of aromatic nitrogens is 1. The third kappa shape index (κ3) is 4.33. The molecule has 2 aromatic rings. The number of carboxylic acid groups (broad SMARTS) is 1. The zero-order valence-electron chi connectivity index (χ0n) is 13.8. The number of ether oxygens (including phenoxy) is 1. The maximum Gasteiger partial charge on any atom is 0.341 e. The normalized spacial score (nSPS) is 18.5. The molecule has 1 aliphatic rings. The maximum absolute atomic E-state index is 10.7. The number of rotatable bonds is 6. The fourth-order valence-corrected chi connectivity index (χ4v) is 4.02. The summed E-state index contributed by atoms with van der Waals surface area (Å²) in [6.45, 7) is 4.60. The van der Waals surface area contributed by atoms with Crippen molar-refractivity contribution in [2.75, 3.05) is 19.7 Å². The minimum atomic E-state index is -0.957. The van der Waals surface area contributed by atoms with Crippen molar-refractivity contribution in [3.8, 4) is 5.75 Å². The lowest BCUT2D eigenvalue weighted by molar-refractivity contribution is -0.139. The van der Waals surface area contributed by atoms with Crippen molar-refractivity contribution in [1.29, 1.82) is 0 Å². The number of nitrogens with zero attached hydrogens (tertiary/aromatic N) is 2. The molecule has 1 fully saturated rings. The molecule has 1 saturated heterocycles. The van der Waals surface area contributed by atoms with Gasteiger partial charge in [-0.25, -0.2) is 9.78 Å². The number of piperidine rings is 1. The molecule has 6 heteroatoms. The summed E-state index contributed by atoms with van der Waals surface area (Å²) in [7, 11) is 0. The van der Waals surface area contributed by atoms with Gasteiger partial charge in [-0.2, -0.15) is 0 Å². The van der Waals surface area contributed by atoms with E-state index in [0.29, 0.717) is 11.7 Å². The van der Waals surface area contributed by atoms with E-state index < -0.39 is 5.97 Å². The van der Waals surface area contributed by atoms with Gasteiger partial charge in [0.25, 0.3) is 0 Å². The molecule has 0 aliphatic carbocycles. The Morgan fingerprint density at radius 3 is 3.04 bits per heavy atom. The number of hydrogen-bond donors (Lipinski definition) is 1. The Bertz CT molecular complexity index is 701. The first kappa shape index (κ1) is 16.9. The molecule has 0 saturated carbocycles. The van der Waals surface area contributed by atoms with Crippen molar-refractivity contribution < 1.29 is 14.6 Å². The van der Waals surface area contributed by atoms with E-state index in [1.807, 2.05) is 30.5 Å². The van der Waals surface area contributed by atoms with Crippen LogP contribution in [-0.4, -0.2) is 40.7 Å². The van der Waals surface area contributed by atoms with Crippen LogP contribution in [0, 0.1) is 6.92 Å². The third-order valence-electron chi connectivity index (χ3n) is 4.21. The number of carboxylic acids is 1. The highest BCUT2D eigenvalue weighted by Crippen LogP contribution is 2.31. The fourth-order valence-electron chi connectivity index (χ4n) is 3.12. The summed E-state index contributed by atoms with van der Waals surface area (Å²) in [4.78, 5) is 19.0. The van der Waals surface area contributed by atoms with Crippen LogP contribution < -0.4 is 4.74 Å². The van der Waals surface area contributed by atoms with E-state index in [1.165, 1.54) is 16.3 Å². The first-order valence-corrected chi connectivity index (χ1v) is 9.00. The maximum atomic E-state index is 10.7. The quantitative estimate of drug-likeness (QED) is 0.869. The molecule has 0 amide bonds. The summed E-state index contributed by atoms with van der Waals surface area (Å²) in [5.74, 6) is 0.193. The Morgan fingerprint density at radius 1 is 1.46 bits per heavy atom. The number of aliphatic carboxylic acids is 1. The van der Waals surface area contributed by atoms with Gasteiger partial charge in [-0.1, -0.05) is 18.2 Å². The van der Waals surface area contributed by atoms with Gasteiger partial charge >= 0.3 is 5.97 Å². The number of carbonyl (C=O) groups is 1. The number of benzene rings is 1. The molecule has 0 radical (unpaired) electrons. The van der Waals surface area contributed by atoms with Gasteiger partial charge in [0.05, 0.1) is 5.01 Å². The highest BCUT2D eigenvalue weighted by atomic mass is 32.1. The summed E-state index contributed by atoms with van der Waals surface area (Å²) < 4.78 is 5.42. The number of para-hydroxylation sites is 1. The highest BCUT2D eigenvalue weighted by Gasteiger charge is 2.24. The molecular weight excluding hydrogens is 324 g/mol. The van der Waals surface area contributed by atoms with Gasteiger partial charge in [0.15, 0.2) is 6.61 Å². The van der Waals surface area contributed by atoms with Crippen molar-refractivity contribution in [2.45, 2.75) is 32.2 Å². The molecule has 2 heterocycles. The van der Waals surface area contributed by atoms with Gasteiger partial charge in [0.2, 0.25) is 0 Å². The molecule has 1 aromatic carbocycles. The summed E-state index contributed by atoms with van der Waals surface area (Å²) in [6, 6.07) is 7.69. The van der Waals surface area contributed by atoms with E-state index in [1.54, 1.807) is 11.3 Å². The standard InChI is InChI=1S/C18H22N2O3S/c1-13-9-19-18(24-13)15-6-4-8-20(11-15)10-14-5-2-3-7-16(14)23-12-17(21)22/h2-3,5,7,9,15H,4,6,8,10-12H2,1H3,(H,21,22)/t15-/m1/s1. The molecule has 0 bridgehead atoms. The topological polar surface area (TPSA) is 62.7 Å². The Kier molecular flexibility index (Phi) is 5.48. The molecule has 1 aliphatic heterocycles. The summed E-state index contributed by atoms with van der Waals surface area (Å²) in [5, 5.41) is 10.0. The molecule has 5 nitrogen and oxygen atoms in total. The van der Waals surface area contributed by atoms with Crippen LogP contribution >= 0.6 is 11.3 Å². The van der Waals surface area contributed by atoms with Crippen molar-refractivity contribution in [2.24, 2.45) is 0 Å². The lowest BCUT2D eigenvalue weighted by Crippen LogP contribution is -2.34. The van der Waals surface area contributed by atoms with Gasteiger partial charge in [-0.05, 0) is 32.4 Å². The summed E-state index contributed by atoms with van der Waals surface area (Å²) >= 11 is 1.79. The van der Waals surface area contributed by atoms with E-state index in [9.17, 15) is 4.79 Å². The highest BCUT2D eigenvalue weighted by molar-refractivity contribution is 7.11. The van der Waals surface area contributed by atoms with Crippen LogP contribution in [0.2, 0.25) is 0 Å². The van der Waals surface area contributed by atoms with Crippen LogP contribution in [0.25, 0.3) is 0 Å². The second kappa shape index (κ2) is 7.77. The lowest BCUT2D eigenvalue weighted by atomic mass is 9.98. The minimum absolute atomic E-state index is 0.308. The van der Waals surface area contributed by atoms with Crippen LogP contribution in [0.1, 0.15) is 34.2 Å². The first-order chi connectivity index (χ1) is 11.6. The predicted octanol–water partition coefficient (Wildman–Crippen LogP) is 3.29. The first-order valence-electron chi connectivity index (χ1n) is 8.19. The molecule has 0 unspecified atom stereocenters. The van der Waals surface area contributed by atoms with Crippen LogP contribution in [-0.2, 0) is 11.3 Å². The van der Waals surface area contributed by atoms with Crippen molar-refractivity contribution >= 4 is 17.3 Å². The third-order valence-corrected chi connectivity index (χ3v) is 5.29. The Morgan fingerprint density at radius 2 is 2.29 bits per heavy atom. The molecule has 24 heavy (non-hydrogen) atoms. The molecule has 1 aromatic heterocycles. The number of aryl methyl sites for hydroxylation is 1. The Hall–Kier alpha value is -1.92. The second-order valence-electron chi connectivity index (χ2n) is 6.17. The molecular formula is C18H22N2O3S. The zero-order valence-corrected chi connectivity index (χ0v) is 14.6. The van der Waals surface area contributed by atoms with E-state index in [-0.39, 0.29) is 6.61 Å². The zero-order chi connectivity index (χ0) is 16.9. The summed E-state index contributed by atoms with van der Waals surface area (Å²) in [6.07, 6.45) is 4.29. The fraction of sp³-hybridized carbons (Fsp3) is 0.444. The minimum Gasteiger partial charge on any atom is -0.482 e. The Balaban J connectivity index is 1.66. The van der Waals surface area contributed by atoms with Gasteiger partial charge in [-0.15, -0.1) is 11.3 Å². The van der Waals surface area contributed by atoms with Gasteiger partial charge in [-0.3, -0.25) is 4.90 Å². The van der Waals surface area contributed by atoms with Crippen molar-refractivity contribution in [3.63, 3.8) is 0 Å². The average molecular weight is 346 g/mol. The second-order valence-corrected chi connectivity index (χ2v) is 7.44. The van der Waals surface area contributed by atoms with Crippen molar-refractivity contribution in [1.82, 2.24) is 9.88 Å². The van der Waals surface area contributed by atoms with Crippen LogP contribution in [0.4, 0.5) is 0 Å². The SMILES string of the molecule is Cc1cnc([C@@H]2CCCN(Cc3ccccc3OCC(=O)O)C2)s1.